The van der Waals surface area contributed by atoms with Crippen LogP contribution in [0, 0.1) is 0 Å². The minimum atomic E-state index is -1.09. The van der Waals surface area contributed by atoms with Gasteiger partial charge >= 0.3 is 0 Å². The molecule has 2 rings (SSSR count). The number of amides is 2. The largest absolute Gasteiger partial charge is 1.00 e. The summed E-state index contributed by atoms with van der Waals surface area (Å²) >= 11 is 0. The quantitative estimate of drug-likeness (QED) is 0.343. The molecule has 28 heavy (non-hydrogen) atoms. The Morgan fingerprint density at radius 3 is 1.50 bits per heavy atom. The van der Waals surface area contributed by atoms with Crippen molar-refractivity contribution in [1.29, 1.82) is 0 Å². The van der Waals surface area contributed by atoms with Gasteiger partial charge in [0.15, 0.2) is 0 Å². The second-order valence-electron chi connectivity index (χ2n) is 7.60. The van der Waals surface area contributed by atoms with Crippen LogP contribution in [0.15, 0.2) is 24.3 Å². The average Bonchev–Trinajstić information content (AvgIpc) is 2.91. The topological polar surface area (TPSA) is 68.9 Å². The van der Waals surface area contributed by atoms with Crippen molar-refractivity contribution in [3.05, 3.63) is 35.4 Å². The van der Waals surface area contributed by atoms with Gasteiger partial charge < -0.3 is 22.5 Å². The van der Waals surface area contributed by atoms with Crippen LogP contribution >= 0.6 is 7.26 Å². The van der Waals surface area contributed by atoms with Crippen molar-refractivity contribution in [1.82, 2.24) is 4.90 Å². The molecule has 2 N–H and O–H groups in total. The predicted molar refractivity (Wildman–Crippen MR) is 117 cm³/mol. The van der Waals surface area contributed by atoms with Crippen molar-refractivity contribution in [2.45, 2.75) is 59.3 Å². The van der Waals surface area contributed by atoms with Crippen LogP contribution in [0.5, 0.6) is 0 Å². The van der Waals surface area contributed by atoms with Gasteiger partial charge in [-0.05, 0) is 31.4 Å². The van der Waals surface area contributed by atoms with E-state index >= 15 is 0 Å². The monoisotopic (exact) mass is 473 g/mol. The summed E-state index contributed by atoms with van der Waals surface area (Å²) in [4.78, 5) is 26.9. The van der Waals surface area contributed by atoms with E-state index in [0.29, 0.717) is 17.7 Å². The van der Waals surface area contributed by atoms with Crippen molar-refractivity contribution >= 4 is 19.1 Å². The van der Waals surface area contributed by atoms with E-state index in [4.69, 9.17) is 0 Å². The number of benzene rings is 1. The summed E-state index contributed by atoms with van der Waals surface area (Å²) in [5, 5.41) is 0. The maximum atomic E-state index is 12.7. The molecule has 2 amide bonds. The van der Waals surface area contributed by atoms with E-state index in [1.807, 2.05) is 12.1 Å². The average molecular weight is 474 g/mol. The van der Waals surface area contributed by atoms with Crippen molar-refractivity contribution in [3.63, 3.8) is 0 Å². The number of hydrogen-bond donors (Lipinski definition) is 0. The van der Waals surface area contributed by atoms with E-state index in [2.05, 4.69) is 20.8 Å². The van der Waals surface area contributed by atoms with Gasteiger partial charge in [-0.3, -0.25) is 14.5 Å². The molecule has 0 saturated heterocycles. The Morgan fingerprint density at radius 2 is 1.14 bits per heavy atom. The van der Waals surface area contributed by atoms with Gasteiger partial charge in [-0.1, -0.05) is 52.2 Å². The van der Waals surface area contributed by atoms with E-state index in [0.717, 1.165) is 6.16 Å². The molecule has 1 aliphatic rings. The molecule has 0 aliphatic carbocycles. The standard InChI is InChI=1S/C22H35NO2P.BrH.H2O/c1-4-7-15-26(16-8-5-2,17-9-6-3)18-14-23-21(24)19-12-10-11-13-20(19)22(23)25;;/h10-13H,4-9,14-18H2,1-3H3;1H;1H2/q+1;;/p-1. The molecule has 0 aromatic heterocycles. The van der Waals surface area contributed by atoms with Crippen LogP contribution in [-0.2, 0) is 0 Å². The molecule has 0 atom stereocenters. The number of carbonyl (C=O) groups excluding carboxylic acids is 2. The van der Waals surface area contributed by atoms with Crippen LogP contribution in [0.4, 0.5) is 0 Å². The van der Waals surface area contributed by atoms with Crippen molar-refractivity contribution in [2.75, 3.05) is 31.2 Å². The molecule has 0 bridgehead atoms. The van der Waals surface area contributed by atoms with Crippen molar-refractivity contribution in [3.8, 4) is 0 Å². The fourth-order valence-corrected chi connectivity index (χ4v) is 8.83. The maximum Gasteiger partial charge on any atom is 0.261 e. The van der Waals surface area contributed by atoms with Crippen LogP contribution in [0.3, 0.4) is 0 Å². The Balaban J connectivity index is 0.00000364. The molecule has 0 spiro atoms. The number of carbonyl (C=O) groups is 2. The van der Waals surface area contributed by atoms with Crippen LogP contribution in [0.2, 0.25) is 0 Å². The smallest absolute Gasteiger partial charge is 0.261 e. The number of imide groups is 1. The second-order valence-corrected chi connectivity index (χ2v) is 12.1. The van der Waals surface area contributed by atoms with E-state index in [-0.39, 0.29) is 34.3 Å². The fourth-order valence-electron chi connectivity index (χ4n) is 3.91. The molecule has 1 aromatic rings. The Bertz CT molecular complexity index is 567. The molecule has 0 radical (unpaired) electrons. The molecule has 0 unspecified atom stereocenters. The summed E-state index contributed by atoms with van der Waals surface area (Å²) in [7, 11) is -1.09. The molecule has 6 heteroatoms. The normalized spacial score (nSPS) is 13.2. The van der Waals surface area contributed by atoms with Gasteiger partial charge in [0.05, 0.1) is 42.3 Å². The van der Waals surface area contributed by atoms with Crippen molar-refractivity contribution in [2.24, 2.45) is 0 Å². The molecule has 160 valence electrons. The first-order valence-corrected chi connectivity index (χ1v) is 12.9. The highest BCUT2D eigenvalue weighted by atomic mass is 79.9. The van der Waals surface area contributed by atoms with Gasteiger partial charge in [-0.25, -0.2) is 0 Å². The fraction of sp³-hybridized carbons (Fsp3) is 0.636. The number of nitrogens with zero attached hydrogens (tertiary/aromatic N) is 1. The van der Waals surface area contributed by atoms with Crippen LogP contribution < -0.4 is 17.0 Å². The zero-order chi connectivity index (χ0) is 19.0. The summed E-state index contributed by atoms with van der Waals surface area (Å²) < 4.78 is 0. The molecule has 1 aliphatic heterocycles. The summed E-state index contributed by atoms with van der Waals surface area (Å²) in [5.41, 5.74) is 1.16. The highest BCUT2D eigenvalue weighted by molar-refractivity contribution is 7.75. The lowest BCUT2D eigenvalue weighted by Crippen LogP contribution is -3.00. The van der Waals surface area contributed by atoms with E-state index in [1.165, 1.54) is 61.9 Å². The predicted octanol–water partition coefficient (Wildman–Crippen LogP) is 1.88. The van der Waals surface area contributed by atoms with Gasteiger partial charge in [0, 0.05) is 7.26 Å². The number of fused-ring (bicyclic) bond motifs is 1. The summed E-state index contributed by atoms with van der Waals surface area (Å²) in [5.74, 6) is -0.185. The molecular weight excluding hydrogens is 437 g/mol. The Morgan fingerprint density at radius 1 is 0.750 bits per heavy atom. The highest BCUT2D eigenvalue weighted by Gasteiger charge is 2.40. The summed E-state index contributed by atoms with van der Waals surface area (Å²) in [6.45, 7) is 7.40. The number of halogens is 1. The lowest BCUT2D eigenvalue weighted by atomic mass is 10.1. The van der Waals surface area contributed by atoms with E-state index in [9.17, 15) is 9.59 Å². The zero-order valence-corrected chi connectivity index (χ0v) is 20.2. The molecule has 4 nitrogen and oxygen atoms in total. The van der Waals surface area contributed by atoms with E-state index in [1.54, 1.807) is 12.1 Å². The van der Waals surface area contributed by atoms with Crippen LogP contribution in [-0.4, -0.2) is 53.4 Å². The molecule has 0 fully saturated rings. The van der Waals surface area contributed by atoms with Gasteiger partial charge in [-0.15, -0.1) is 0 Å². The first-order chi connectivity index (χ1) is 12.6. The number of rotatable bonds is 12. The van der Waals surface area contributed by atoms with E-state index < -0.39 is 7.26 Å². The molecular formula is C22H37BrNO3P. The third kappa shape index (κ3) is 6.64. The molecule has 1 heterocycles. The second kappa shape index (κ2) is 13.5. The maximum absolute atomic E-state index is 12.7. The minimum Gasteiger partial charge on any atom is -1.00 e. The minimum absolute atomic E-state index is 0. The lowest BCUT2D eigenvalue weighted by Gasteiger charge is -2.29. The number of hydrogen-bond acceptors (Lipinski definition) is 2. The van der Waals surface area contributed by atoms with Gasteiger partial charge in [0.1, 0.15) is 0 Å². The highest BCUT2D eigenvalue weighted by Crippen LogP contribution is 2.60. The van der Waals surface area contributed by atoms with Crippen molar-refractivity contribution < 1.29 is 32.0 Å². The first-order valence-electron chi connectivity index (χ1n) is 10.4. The Labute approximate surface area is 181 Å². The van der Waals surface area contributed by atoms with Gasteiger partial charge in [-0.2, -0.15) is 0 Å². The Hall–Kier alpha value is -0.770. The third-order valence-corrected chi connectivity index (χ3v) is 10.6. The first kappa shape index (κ1) is 27.2. The molecule has 1 aromatic carbocycles. The molecule has 0 saturated carbocycles. The van der Waals surface area contributed by atoms with Gasteiger partial charge in [0.2, 0.25) is 0 Å². The SMILES string of the molecule is CCCC[P+](CCCC)(CCCC)CCN1C(=O)c2ccccc2C1=O.O.[Br-]. The Kier molecular flexibility index (Phi) is 13.1. The van der Waals surface area contributed by atoms with Crippen LogP contribution in [0.1, 0.15) is 80.0 Å². The third-order valence-electron chi connectivity index (χ3n) is 5.63. The summed E-state index contributed by atoms with van der Waals surface area (Å²) in [6, 6.07) is 7.25. The van der Waals surface area contributed by atoms with Crippen LogP contribution in [0.25, 0.3) is 0 Å². The van der Waals surface area contributed by atoms with Gasteiger partial charge in [0.25, 0.3) is 11.8 Å². The lowest BCUT2D eigenvalue weighted by molar-refractivity contribution is -0.0000300. The number of unbranched alkanes of at least 4 members (excludes halogenated alkanes) is 3. The summed E-state index contributed by atoms with van der Waals surface area (Å²) in [6.07, 6.45) is 12.6. The zero-order valence-electron chi connectivity index (χ0n) is 17.7.